The van der Waals surface area contributed by atoms with Crippen LogP contribution in [0.15, 0.2) is 18.2 Å². The van der Waals surface area contributed by atoms with Gasteiger partial charge in [-0.1, -0.05) is 6.07 Å². The van der Waals surface area contributed by atoms with Crippen molar-refractivity contribution in [3.8, 4) is 5.75 Å². The highest BCUT2D eigenvalue weighted by Gasteiger charge is 2.37. The van der Waals surface area contributed by atoms with Crippen LogP contribution in [-0.2, 0) is 22.6 Å². The molecule has 17 heavy (non-hydrogen) atoms. The highest BCUT2D eigenvalue weighted by atomic mass is 16.3. The highest BCUT2D eigenvalue weighted by Crippen LogP contribution is 2.27. The molecule has 1 saturated heterocycles. The molecule has 0 radical (unpaired) electrons. The molecule has 0 spiro atoms. The van der Waals surface area contributed by atoms with Crippen molar-refractivity contribution in [3.05, 3.63) is 29.3 Å². The van der Waals surface area contributed by atoms with Crippen LogP contribution < -0.4 is 5.32 Å². The number of carbonyl (C=O) groups is 2. The first-order valence-corrected chi connectivity index (χ1v) is 5.53. The summed E-state index contributed by atoms with van der Waals surface area (Å²) >= 11 is 0. The molecule has 0 bridgehead atoms. The fourth-order valence-electron chi connectivity index (χ4n) is 2.45. The van der Waals surface area contributed by atoms with Crippen molar-refractivity contribution < 1.29 is 14.7 Å². The minimum absolute atomic E-state index is 0.0661. The van der Waals surface area contributed by atoms with E-state index in [1.807, 2.05) is 6.07 Å². The predicted molar refractivity (Wildman–Crippen MR) is 59.2 cm³/mol. The summed E-state index contributed by atoms with van der Waals surface area (Å²) in [7, 11) is 0. The average Bonchev–Trinajstić information content (AvgIpc) is 2.32. The van der Waals surface area contributed by atoms with Crippen molar-refractivity contribution in [2.24, 2.45) is 0 Å². The fraction of sp³-hybridized carbons (Fsp3) is 0.333. The van der Waals surface area contributed by atoms with Gasteiger partial charge < -0.3 is 15.3 Å². The lowest BCUT2D eigenvalue weighted by Gasteiger charge is -2.39. The molecule has 3 rings (SSSR count). The van der Waals surface area contributed by atoms with Gasteiger partial charge in [-0.15, -0.1) is 0 Å². The van der Waals surface area contributed by atoms with Gasteiger partial charge in [-0.2, -0.15) is 0 Å². The smallest absolute Gasteiger partial charge is 0.243 e. The van der Waals surface area contributed by atoms with E-state index in [1.165, 1.54) is 0 Å². The first-order chi connectivity index (χ1) is 8.15. The van der Waals surface area contributed by atoms with E-state index in [1.54, 1.807) is 17.0 Å². The second-order valence-corrected chi connectivity index (χ2v) is 4.41. The van der Waals surface area contributed by atoms with Gasteiger partial charge in [0.15, 0.2) is 0 Å². The van der Waals surface area contributed by atoms with E-state index >= 15 is 0 Å². The van der Waals surface area contributed by atoms with Gasteiger partial charge in [-0.25, -0.2) is 0 Å². The Bertz CT molecular complexity index is 512. The lowest BCUT2D eigenvalue weighted by Crippen LogP contribution is -2.60. The summed E-state index contributed by atoms with van der Waals surface area (Å²) in [5.74, 6) is 0.0306. The van der Waals surface area contributed by atoms with Gasteiger partial charge in [0.1, 0.15) is 11.8 Å². The van der Waals surface area contributed by atoms with Gasteiger partial charge in [-0.3, -0.25) is 9.59 Å². The fourth-order valence-corrected chi connectivity index (χ4v) is 2.45. The summed E-state index contributed by atoms with van der Waals surface area (Å²) in [5, 5.41) is 12.0. The number of amides is 2. The summed E-state index contributed by atoms with van der Waals surface area (Å²) in [4.78, 5) is 25.0. The molecule has 0 saturated carbocycles. The first-order valence-electron chi connectivity index (χ1n) is 5.53. The summed E-state index contributed by atoms with van der Waals surface area (Å²) in [5.41, 5.74) is 1.94. The number of nitrogens with one attached hydrogen (secondary N) is 1. The first kappa shape index (κ1) is 10.1. The van der Waals surface area contributed by atoms with Crippen molar-refractivity contribution in [2.45, 2.75) is 19.0 Å². The van der Waals surface area contributed by atoms with E-state index in [-0.39, 0.29) is 24.1 Å². The van der Waals surface area contributed by atoms with E-state index < -0.39 is 6.04 Å². The van der Waals surface area contributed by atoms with Crippen LogP contribution in [0.5, 0.6) is 5.75 Å². The Balaban J connectivity index is 2.00. The lowest BCUT2D eigenvalue weighted by molar-refractivity contribution is -0.146. The van der Waals surface area contributed by atoms with Crippen LogP contribution in [0.4, 0.5) is 0 Å². The normalized spacial score (nSPS) is 22.8. The van der Waals surface area contributed by atoms with Crippen LogP contribution in [0.2, 0.25) is 0 Å². The molecule has 1 aromatic rings. The van der Waals surface area contributed by atoms with Crippen molar-refractivity contribution in [2.75, 3.05) is 6.54 Å². The van der Waals surface area contributed by atoms with Crippen LogP contribution in [0.25, 0.3) is 0 Å². The van der Waals surface area contributed by atoms with Gasteiger partial charge in [-0.05, 0) is 23.3 Å². The molecule has 0 aliphatic carbocycles. The van der Waals surface area contributed by atoms with Gasteiger partial charge in [0.2, 0.25) is 11.8 Å². The Kier molecular flexibility index (Phi) is 2.07. The van der Waals surface area contributed by atoms with Crippen molar-refractivity contribution in [1.82, 2.24) is 10.2 Å². The highest BCUT2D eigenvalue weighted by molar-refractivity contribution is 5.95. The number of piperazine rings is 1. The van der Waals surface area contributed by atoms with Crippen molar-refractivity contribution in [3.63, 3.8) is 0 Å². The Labute approximate surface area is 98.0 Å². The van der Waals surface area contributed by atoms with Crippen LogP contribution in [0, 0.1) is 0 Å². The summed E-state index contributed by atoms with van der Waals surface area (Å²) in [6.45, 7) is 0.476. The molecule has 2 aliphatic heterocycles. The third kappa shape index (κ3) is 1.54. The maximum atomic E-state index is 11.7. The molecule has 88 valence electrons. The quantitative estimate of drug-likeness (QED) is 0.649. The molecule has 2 N–H and O–H groups in total. The van der Waals surface area contributed by atoms with E-state index in [0.29, 0.717) is 13.0 Å². The zero-order valence-corrected chi connectivity index (χ0v) is 9.14. The Morgan fingerprint density at radius 3 is 2.94 bits per heavy atom. The number of aromatic hydroxyl groups is 1. The number of phenols is 1. The van der Waals surface area contributed by atoms with E-state index in [9.17, 15) is 14.7 Å². The Hall–Kier alpha value is -2.04. The molecular weight excluding hydrogens is 220 g/mol. The topological polar surface area (TPSA) is 69.6 Å². The minimum Gasteiger partial charge on any atom is -0.508 e. The Morgan fingerprint density at radius 1 is 1.29 bits per heavy atom. The van der Waals surface area contributed by atoms with Crippen LogP contribution in [-0.4, -0.2) is 34.4 Å². The number of phenolic OH excluding ortho intramolecular Hbond substituents is 1. The average molecular weight is 232 g/mol. The number of hydrogen-bond acceptors (Lipinski definition) is 3. The monoisotopic (exact) mass is 232 g/mol. The van der Waals surface area contributed by atoms with Gasteiger partial charge in [0.25, 0.3) is 0 Å². The molecule has 1 fully saturated rings. The molecule has 5 nitrogen and oxygen atoms in total. The molecule has 1 atom stereocenters. The second-order valence-electron chi connectivity index (χ2n) is 4.41. The molecule has 5 heteroatoms. The molecule has 1 unspecified atom stereocenters. The maximum absolute atomic E-state index is 11.7. The van der Waals surface area contributed by atoms with Crippen molar-refractivity contribution >= 4 is 11.8 Å². The third-order valence-corrected chi connectivity index (χ3v) is 3.36. The number of benzene rings is 1. The number of nitrogens with zero attached hydrogens (tertiary/aromatic N) is 1. The van der Waals surface area contributed by atoms with Crippen molar-refractivity contribution in [1.29, 1.82) is 0 Å². The predicted octanol–water partition coefficient (Wildman–Crippen LogP) is -0.225. The summed E-state index contributed by atoms with van der Waals surface area (Å²) < 4.78 is 0. The largest absolute Gasteiger partial charge is 0.508 e. The third-order valence-electron chi connectivity index (χ3n) is 3.36. The van der Waals surface area contributed by atoms with Crippen LogP contribution >= 0.6 is 0 Å². The summed E-state index contributed by atoms with van der Waals surface area (Å²) in [6, 6.07) is 4.69. The number of carbonyl (C=O) groups excluding carboxylic acids is 2. The Morgan fingerprint density at radius 2 is 2.12 bits per heavy atom. The molecule has 2 heterocycles. The van der Waals surface area contributed by atoms with E-state index in [2.05, 4.69) is 5.32 Å². The van der Waals surface area contributed by atoms with Gasteiger partial charge in [0, 0.05) is 13.0 Å². The lowest BCUT2D eigenvalue weighted by atomic mass is 9.92. The molecular formula is C12H12N2O3. The molecule has 0 aromatic heterocycles. The standard InChI is InChI=1S/C12H12N2O3/c15-9-2-1-7-4-10-12(17)13-5-11(16)14(10)6-8(7)3-9/h1-3,10,15H,4-6H2,(H,13,17). The van der Waals surface area contributed by atoms with Crippen LogP contribution in [0.1, 0.15) is 11.1 Å². The number of rotatable bonds is 0. The minimum atomic E-state index is -0.395. The number of hydrogen-bond donors (Lipinski definition) is 2. The number of fused-ring (bicyclic) bond motifs is 2. The summed E-state index contributed by atoms with van der Waals surface area (Å²) in [6.07, 6.45) is 0.521. The maximum Gasteiger partial charge on any atom is 0.243 e. The van der Waals surface area contributed by atoms with E-state index in [0.717, 1.165) is 11.1 Å². The molecule has 2 amide bonds. The second kappa shape index (κ2) is 3.48. The zero-order valence-electron chi connectivity index (χ0n) is 9.14. The zero-order chi connectivity index (χ0) is 12.0. The molecule has 1 aromatic carbocycles. The molecule has 2 aliphatic rings. The SMILES string of the molecule is O=C1NCC(=O)N2Cc3cc(O)ccc3CC12. The van der Waals surface area contributed by atoms with Gasteiger partial charge >= 0.3 is 0 Å². The van der Waals surface area contributed by atoms with Crippen LogP contribution in [0.3, 0.4) is 0 Å². The van der Waals surface area contributed by atoms with Gasteiger partial charge in [0.05, 0.1) is 6.54 Å². The van der Waals surface area contributed by atoms with E-state index in [4.69, 9.17) is 0 Å².